The van der Waals surface area contributed by atoms with Crippen LogP contribution in [0, 0.1) is 0 Å². The Morgan fingerprint density at radius 2 is 1.14 bits per heavy atom. The third-order valence-electron chi connectivity index (χ3n) is 10.2. The second kappa shape index (κ2) is 16.2. The largest absolute Gasteiger partial charge is 0.481 e. The van der Waals surface area contributed by atoms with Crippen LogP contribution < -0.4 is 10.5 Å². The van der Waals surface area contributed by atoms with E-state index in [2.05, 4.69) is 20.4 Å². The Morgan fingerprint density at radius 3 is 1.58 bits per heavy atom. The van der Waals surface area contributed by atoms with Crippen molar-refractivity contribution in [3.63, 3.8) is 0 Å². The van der Waals surface area contributed by atoms with E-state index < -0.39 is 11.2 Å². The molecular formula is C41H55N13O5. The van der Waals surface area contributed by atoms with Crippen LogP contribution in [0.2, 0.25) is 0 Å². The molecule has 2 atom stereocenters. The van der Waals surface area contributed by atoms with Crippen molar-refractivity contribution in [2.75, 3.05) is 39.0 Å². The van der Waals surface area contributed by atoms with Crippen molar-refractivity contribution in [1.82, 2.24) is 58.6 Å². The van der Waals surface area contributed by atoms with Gasteiger partial charge in [-0.1, -0.05) is 0 Å². The number of rotatable bonds is 5. The number of hydrogen-bond acceptors (Lipinski definition) is 12. The highest BCUT2D eigenvalue weighted by Gasteiger charge is 2.32. The summed E-state index contributed by atoms with van der Waals surface area (Å²) in [5.74, 6) is 1.33. The zero-order chi connectivity index (χ0) is 42.2. The number of aryl methyl sites for hydroxylation is 2. The summed E-state index contributed by atoms with van der Waals surface area (Å²) in [6.45, 7) is 13.8. The number of anilines is 1. The highest BCUT2D eigenvalue weighted by molar-refractivity contribution is 5.78. The monoisotopic (exact) mass is 809 g/mol. The van der Waals surface area contributed by atoms with Crippen LogP contribution in [-0.4, -0.2) is 115 Å². The molecule has 2 saturated heterocycles. The minimum atomic E-state index is -0.513. The molecule has 0 aromatic carbocycles. The number of carbonyl (C=O) groups is 2. The van der Waals surface area contributed by atoms with Gasteiger partial charge in [-0.25, -0.2) is 19.6 Å². The lowest BCUT2D eigenvalue weighted by atomic mass is 9.94. The van der Waals surface area contributed by atoms with Crippen LogP contribution in [0.4, 0.5) is 15.4 Å². The van der Waals surface area contributed by atoms with E-state index in [-0.39, 0.29) is 24.0 Å². The maximum atomic E-state index is 12.6. The fraction of sp³-hybridized carbons (Fsp3) is 0.512. The van der Waals surface area contributed by atoms with Crippen LogP contribution in [-0.2, 0) is 23.6 Å². The minimum Gasteiger partial charge on any atom is -0.481 e. The Bertz CT molecular complexity index is 2450. The summed E-state index contributed by atoms with van der Waals surface area (Å²) in [7, 11) is 5.37. The number of methoxy groups -OCH3 is 1. The molecule has 59 heavy (non-hydrogen) atoms. The quantitative estimate of drug-likeness (QED) is 0.212. The van der Waals surface area contributed by atoms with Gasteiger partial charge in [0.05, 0.1) is 43.3 Å². The van der Waals surface area contributed by atoms with Crippen molar-refractivity contribution < 1.29 is 23.8 Å². The third-order valence-corrected chi connectivity index (χ3v) is 10.2. The number of ether oxygens (including phenoxy) is 3. The highest BCUT2D eigenvalue weighted by Crippen LogP contribution is 2.33. The van der Waals surface area contributed by atoms with Gasteiger partial charge in [-0.2, -0.15) is 29.4 Å². The molecule has 0 aliphatic carbocycles. The first-order valence-electron chi connectivity index (χ1n) is 20.0. The Hall–Kier alpha value is -6.20. The molecule has 6 aromatic rings. The summed E-state index contributed by atoms with van der Waals surface area (Å²) >= 11 is 0. The molecule has 2 N–H and O–H groups in total. The first-order chi connectivity index (χ1) is 28.0. The van der Waals surface area contributed by atoms with Gasteiger partial charge in [0, 0.05) is 98.9 Å². The normalized spacial score (nSPS) is 17.5. The van der Waals surface area contributed by atoms with Gasteiger partial charge in [-0.15, -0.1) is 0 Å². The number of carbonyl (C=O) groups excluding carboxylic acids is 2. The predicted octanol–water partition coefficient (Wildman–Crippen LogP) is 6.08. The van der Waals surface area contributed by atoms with E-state index in [1.165, 1.54) is 0 Å². The number of fused-ring (bicyclic) bond motifs is 2. The van der Waals surface area contributed by atoms with Crippen molar-refractivity contribution >= 4 is 29.3 Å². The van der Waals surface area contributed by atoms with Crippen molar-refractivity contribution in [3.05, 3.63) is 60.7 Å². The molecule has 314 valence electrons. The molecule has 6 aromatic heterocycles. The van der Waals surface area contributed by atoms with E-state index in [1.54, 1.807) is 60.1 Å². The fourth-order valence-electron chi connectivity index (χ4n) is 7.47. The number of likely N-dealkylation sites (tertiary alicyclic amines) is 2. The van der Waals surface area contributed by atoms with Crippen molar-refractivity contribution in [2.24, 2.45) is 14.1 Å². The van der Waals surface area contributed by atoms with Crippen LogP contribution in [0.5, 0.6) is 5.88 Å². The lowest BCUT2D eigenvalue weighted by Crippen LogP contribution is -2.42. The van der Waals surface area contributed by atoms with Crippen LogP contribution >= 0.6 is 0 Å². The van der Waals surface area contributed by atoms with Crippen molar-refractivity contribution in [1.29, 1.82) is 0 Å². The number of amides is 2. The number of nitrogens with two attached hydrogens (primary N) is 1. The van der Waals surface area contributed by atoms with Crippen LogP contribution in [0.25, 0.3) is 33.5 Å². The van der Waals surface area contributed by atoms with Gasteiger partial charge in [-0.05, 0) is 67.2 Å². The standard InChI is InChI=1S/C21H28N6O3.C20H27N7O2/c1-21(2,3)30-20(28)26-8-6-7-14(13-26)17-9-18(29-5)27-19(24-17)16(11-23-27)15-10-22-25(4)12-15;1-20(2,3)29-19(28)26-7-5-6-13(12-26)16-8-17(21)27-18(24-16)15(10-23-27)14-9-22-25(4)11-14/h9-12,14H,6-8,13H2,1-5H3;8-11,13H,5-7,12,21H2,1-4H3. The minimum absolute atomic E-state index is 0.0974. The van der Waals surface area contributed by atoms with E-state index >= 15 is 0 Å². The molecule has 0 bridgehead atoms. The molecule has 8 heterocycles. The third kappa shape index (κ3) is 9.26. The Labute approximate surface area is 343 Å². The smallest absolute Gasteiger partial charge is 0.410 e. The SMILES string of the molecule is COc1cc(C2CCCN(C(=O)OC(C)(C)C)C2)nc2c(-c3cnn(C)c3)cnn12.Cn1cc(-c2cnn3c(N)cc(C4CCCN(C(=O)OC(C)(C)C)C4)nc23)cn1. The van der Waals surface area contributed by atoms with E-state index in [9.17, 15) is 9.59 Å². The molecule has 18 nitrogen and oxygen atoms in total. The van der Waals surface area contributed by atoms with Gasteiger partial charge in [0.2, 0.25) is 5.88 Å². The van der Waals surface area contributed by atoms with Gasteiger partial charge >= 0.3 is 12.2 Å². The summed E-state index contributed by atoms with van der Waals surface area (Å²) in [5.41, 5.74) is 12.1. The predicted molar refractivity (Wildman–Crippen MR) is 221 cm³/mol. The van der Waals surface area contributed by atoms with Gasteiger partial charge in [0.1, 0.15) is 17.0 Å². The first-order valence-corrected chi connectivity index (χ1v) is 20.0. The second-order valence-electron chi connectivity index (χ2n) is 17.3. The van der Waals surface area contributed by atoms with Crippen LogP contribution in [0.15, 0.2) is 49.3 Å². The summed E-state index contributed by atoms with van der Waals surface area (Å²) in [6, 6.07) is 3.77. The first kappa shape index (κ1) is 41.0. The molecule has 8 rings (SSSR count). The number of piperidine rings is 2. The summed E-state index contributed by atoms with van der Waals surface area (Å²) in [6.07, 6.45) is 14.1. The van der Waals surface area contributed by atoms with E-state index in [1.807, 2.05) is 80.2 Å². The molecule has 0 radical (unpaired) electrons. The van der Waals surface area contributed by atoms with E-state index in [0.29, 0.717) is 49.2 Å². The molecular weight excluding hydrogens is 755 g/mol. The number of nitrogen functional groups attached to an aromatic ring is 1. The fourth-order valence-corrected chi connectivity index (χ4v) is 7.47. The number of hydrogen-bond donors (Lipinski definition) is 1. The summed E-state index contributed by atoms with van der Waals surface area (Å²) in [4.78, 5) is 38.4. The van der Waals surface area contributed by atoms with Gasteiger partial charge in [0.15, 0.2) is 11.3 Å². The molecule has 0 spiro atoms. The van der Waals surface area contributed by atoms with Crippen molar-refractivity contribution in [2.45, 2.75) is 90.3 Å². The number of nitrogens with zero attached hydrogens (tertiary/aromatic N) is 12. The van der Waals surface area contributed by atoms with E-state index in [0.717, 1.165) is 59.3 Å². The van der Waals surface area contributed by atoms with Crippen molar-refractivity contribution in [3.8, 4) is 28.1 Å². The van der Waals surface area contributed by atoms with Gasteiger partial charge in [-0.3, -0.25) is 9.36 Å². The Morgan fingerprint density at radius 1 is 0.678 bits per heavy atom. The Kier molecular flexibility index (Phi) is 11.3. The highest BCUT2D eigenvalue weighted by atomic mass is 16.6. The molecule has 18 heteroatoms. The van der Waals surface area contributed by atoms with Crippen LogP contribution in [0.3, 0.4) is 0 Å². The lowest BCUT2D eigenvalue weighted by Gasteiger charge is -2.34. The van der Waals surface area contributed by atoms with E-state index in [4.69, 9.17) is 29.9 Å². The molecule has 2 aliphatic rings. The average molecular weight is 810 g/mol. The lowest BCUT2D eigenvalue weighted by molar-refractivity contribution is 0.0187. The zero-order valence-electron chi connectivity index (χ0n) is 35.4. The summed E-state index contributed by atoms with van der Waals surface area (Å²) < 4.78 is 23.5. The topological polar surface area (TPSA) is 190 Å². The molecule has 2 unspecified atom stereocenters. The summed E-state index contributed by atoms with van der Waals surface area (Å²) in [5, 5.41) is 17.3. The van der Waals surface area contributed by atoms with Gasteiger partial charge < -0.3 is 29.7 Å². The maximum Gasteiger partial charge on any atom is 0.410 e. The maximum absolute atomic E-state index is 12.6. The molecule has 0 saturated carbocycles. The molecule has 2 amide bonds. The average Bonchev–Trinajstić information content (AvgIpc) is 4.00. The molecule has 2 fully saturated rings. The second-order valence-corrected chi connectivity index (χ2v) is 17.3. The van der Waals surface area contributed by atoms with Crippen LogP contribution in [0.1, 0.15) is 90.4 Å². The Balaban J connectivity index is 0.000000179. The molecule has 2 aliphatic heterocycles. The number of aromatic nitrogens is 10. The van der Waals surface area contributed by atoms with Gasteiger partial charge in [0.25, 0.3) is 0 Å². The zero-order valence-corrected chi connectivity index (χ0v) is 35.4.